The lowest BCUT2D eigenvalue weighted by Crippen LogP contribution is -2.46. The van der Waals surface area contributed by atoms with Gasteiger partial charge in [-0.3, -0.25) is 9.59 Å². The summed E-state index contributed by atoms with van der Waals surface area (Å²) in [4.78, 5) is 22.0. The molecule has 0 bridgehead atoms. The van der Waals surface area contributed by atoms with Crippen molar-refractivity contribution in [2.24, 2.45) is 5.73 Å². The second kappa shape index (κ2) is 6.76. The van der Waals surface area contributed by atoms with Crippen molar-refractivity contribution in [1.82, 2.24) is 5.32 Å². The van der Waals surface area contributed by atoms with E-state index >= 15 is 0 Å². The Morgan fingerprint density at radius 1 is 1.33 bits per heavy atom. The second-order valence-electron chi connectivity index (χ2n) is 4.30. The number of rotatable bonds is 6. The minimum atomic E-state index is -1.08. The van der Waals surface area contributed by atoms with Crippen LogP contribution in [-0.2, 0) is 16.0 Å². The van der Waals surface area contributed by atoms with Crippen molar-refractivity contribution in [3.8, 4) is 0 Å². The summed E-state index contributed by atoms with van der Waals surface area (Å²) in [5.74, 6) is -1.51. The average Bonchev–Trinajstić information content (AvgIpc) is 2.29. The van der Waals surface area contributed by atoms with Crippen LogP contribution in [0.15, 0.2) is 30.3 Å². The first-order chi connectivity index (χ1) is 8.49. The number of carboxylic acids is 1. The smallest absolute Gasteiger partial charge is 0.305 e. The van der Waals surface area contributed by atoms with Crippen LogP contribution in [0.1, 0.15) is 18.9 Å². The molecule has 1 aromatic carbocycles. The van der Waals surface area contributed by atoms with Gasteiger partial charge in [0.05, 0.1) is 12.5 Å². The molecule has 98 valence electrons. The van der Waals surface area contributed by atoms with Crippen molar-refractivity contribution in [3.05, 3.63) is 35.9 Å². The van der Waals surface area contributed by atoms with Crippen LogP contribution in [0.3, 0.4) is 0 Å². The molecular formula is C13H18N2O3. The van der Waals surface area contributed by atoms with Crippen LogP contribution in [-0.4, -0.2) is 29.1 Å². The van der Waals surface area contributed by atoms with Crippen LogP contribution in [0, 0.1) is 0 Å². The standard InChI is InChI=1S/C13H18N2O3/c1-9(7-10-5-3-2-4-6-10)15-13(18)11(14)8-12(16)17/h2-6,9,11H,7-8,14H2,1H3,(H,15,18)(H,16,17). The number of carboxylic acid groups (broad SMARTS) is 1. The maximum absolute atomic E-state index is 11.6. The van der Waals surface area contributed by atoms with Gasteiger partial charge in [0.15, 0.2) is 0 Å². The van der Waals surface area contributed by atoms with Crippen molar-refractivity contribution in [1.29, 1.82) is 0 Å². The fourth-order valence-electron chi connectivity index (χ4n) is 1.65. The van der Waals surface area contributed by atoms with Crippen LogP contribution in [0.25, 0.3) is 0 Å². The highest BCUT2D eigenvalue weighted by atomic mass is 16.4. The van der Waals surface area contributed by atoms with Gasteiger partial charge in [0.2, 0.25) is 5.91 Å². The summed E-state index contributed by atoms with van der Waals surface area (Å²) in [5, 5.41) is 11.2. The first kappa shape index (κ1) is 14.2. The zero-order chi connectivity index (χ0) is 13.5. The number of hydrogen-bond donors (Lipinski definition) is 3. The Kier molecular flexibility index (Phi) is 5.32. The lowest BCUT2D eigenvalue weighted by atomic mass is 10.1. The molecule has 5 heteroatoms. The third-order valence-corrected chi connectivity index (χ3v) is 2.50. The molecule has 0 aromatic heterocycles. The lowest BCUT2D eigenvalue weighted by molar-refractivity contribution is -0.139. The minimum Gasteiger partial charge on any atom is -0.481 e. The third kappa shape index (κ3) is 4.97. The number of nitrogens with two attached hydrogens (primary N) is 1. The van der Waals surface area contributed by atoms with Gasteiger partial charge in [-0.05, 0) is 18.9 Å². The Morgan fingerprint density at radius 3 is 2.50 bits per heavy atom. The van der Waals surface area contributed by atoms with Crippen molar-refractivity contribution in [2.75, 3.05) is 0 Å². The Bertz CT molecular complexity index is 406. The number of carbonyl (C=O) groups excluding carboxylic acids is 1. The molecule has 2 unspecified atom stereocenters. The summed E-state index contributed by atoms with van der Waals surface area (Å²) >= 11 is 0. The molecule has 0 radical (unpaired) electrons. The van der Waals surface area contributed by atoms with E-state index < -0.39 is 17.9 Å². The van der Waals surface area contributed by atoms with E-state index in [2.05, 4.69) is 5.32 Å². The Balaban J connectivity index is 2.42. The van der Waals surface area contributed by atoms with Crippen LogP contribution in [0.5, 0.6) is 0 Å². The van der Waals surface area contributed by atoms with E-state index in [1.54, 1.807) is 0 Å². The maximum Gasteiger partial charge on any atom is 0.305 e. The van der Waals surface area contributed by atoms with Crippen LogP contribution in [0.4, 0.5) is 0 Å². The normalized spacial score (nSPS) is 13.7. The van der Waals surface area contributed by atoms with Crippen molar-refractivity contribution in [3.63, 3.8) is 0 Å². The number of nitrogens with one attached hydrogen (secondary N) is 1. The van der Waals surface area contributed by atoms with Gasteiger partial charge in [0, 0.05) is 6.04 Å². The molecular weight excluding hydrogens is 232 g/mol. The molecule has 2 atom stereocenters. The number of carbonyl (C=O) groups is 2. The molecule has 0 fully saturated rings. The molecule has 4 N–H and O–H groups in total. The number of benzene rings is 1. The van der Waals surface area contributed by atoms with Gasteiger partial charge in [-0.25, -0.2) is 0 Å². The number of aliphatic carboxylic acids is 1. The SMILES string of the molecule is CC(Cc1ccccc1)NC(=O)C(N)CC(=O)O. The van der Waals surface area contributed by atoms with Gasteiger partial charge in [-0.1, -0.05) is 30.3 Å². The summed E-state index contributed by atoms with van der Waals surface area (Å²) < 4.78 is 0. The number of hydrogen-bond acceptors (Lipinski definition) is 3. The van der Waals surface area contributed by atoms with Gasteiger partial charge in [-0.2, -0.15) is 0 Å². The summed E-state index contributed by atoms with van der Waals surface area (Å²) in [6, 6.07) is 8.65. The zero-order valence-electron chi connectivity index (χ0n) is 10.3. The Morgan fingerprint density at radius 2 is 1.94 bits per heavy atom. The predicted molar refractivity (Wildman–Crippen MR) is 68.0 cm³/mol. The minimum absolute atomic E-state index is 0.0836. The van der Waals surface area contributed by atoms with E-state index in [1.807, 2.05) is 37.3 Å². The molecule has 18 heavy (non-hydrogen) atoms. The number of amides is 1. The molecule has 1 aromatic rings. The highest BCUT2D eigenvalue weighted by Crippen LogP contribution is 2.03. The predicted octanol–water partition coefficient (Wildman–Crippen LogP) is 0.536. The molecule has 0 aliphatic heterocycles. The Hall–Kier alpha value is -1.88. The topological polar surface area (TPSA) is 92.4 Å². The van der Waals surface area contributed by atoms with Gasteiger partial charge in [0.25, 0.3) is 0 Å². The van der Waals surface area contributed by atoms with E-state index in [9.17, 15) is 9.59 Å². The third-order valence-electron chi connectivity index (χ3n) is 2.50. The molecule has 0 saturated carbocycles. The summed E-state index contributed by atoms with van der Waals surface area (Å²) in [5.41, 5.74) is 6.58. The van der Waals surface area contributed by atoms with Crippen molar-refractivity contribution < 1.29 is 14.7 Å². The first-order valence-corrected chi connectivity index (χ1v) is 5.80. The van der Waals surface area contributed by atoms with E-state index in [0.717, 1.165) is 5.56 Å². The fraction of sp³-hybridized carbons (Fsp3) is 0.385. The average molecular weight is 250 g/mol. The molecule has 0 heterocycles. The van der Waals surface area contributed by atoms with Gasteiger partial charge in [-0.15, -0.1) is 0 Å². The van der Waals surface area contributed by atoms with Gasteiger partial charge >= 0.3 is 5.97 Å². The van der Waals surface area contributed by atoms with E-state index in [1.165, 1.54) is 0 Å². The second-order valence-corrected chi connectivity index (χ2v) is 4.30. The fourth-order valence-corrected chi connectivity index (χ4v) is 1.65. The monoisotopic (exact) mass is 250 g/mol. The van der Waals surface area contributed by atoms with E-state index in [0.29, 0.717) is 6.42 Å². The van der Waals surface area contributed by atoms with Crippen molar-refractivity contribution >= 4 is 11.9 Å². The molecule has 1 amide bonds. The van der Waals surface area contributed by atoms with Crippen LogP contribution >= 0.6 is 0 Å². The van der Waals surface area contributed by atoms with Crippen molar-refractivity contribution in [2.45, 2.75) is 31.8 Å². The van der Waals surface area contributed by atoms with E-state index in [4.69, 9.17) is 10.8 Å². The Labute approximate surface area is 106 Å². The summed E-state index contributed by atoms with van der Waals surface area (Å²) in [7, 11) is 0. The maximum atomic E-state index is 11.6. The lowest BCUT2D eigenvalue weighted by Gasteiger charge is -2.16. The van der Waals surface area contributed by atoms with E-state index in [-0.39, 0.29) is 12.5 Å². The van der Waals surface area contributed by atoms with Gasteiger partial charge < -0.3 is 16.2 Å². The van der Waals surface area contributed by atoms with Crippen LogP contribution < -0.4 is 11.1 Å². The molecule has 0 aliphatic carbocycles. The summed E-state index contributed by atoms with van der Waals surface area (Å²) in [6.45, 7) is 1.86. The molecule has 0 aliphatic rings. The van der Waals surface area contributed by atoms with Gasteiger partial charge in [0.1, 0.15) is 0 Å². The first-order valence-electron chi connectivity index (χ1n) is 5.80. The highest BCUT2D eigenvalue weighted by Gasteiger charge is 2.18. The largest absolute Gasteiger partial charge is 0.481 e. The van der Waals surface area contributed by atoms with Crippen LogP contribution in [0.2, 0.25) is 0 Å². The zero-order valence-corrected chi connectivity index (χ0v) is 10.3. The summed E-state index contributed by atoms with van der Waals surface area (Å²) in [6.07, 6.45) is 0.330. The molecule has 0 spiro atoms. The quantitative estimate of drug-likeness (QED) is 0.687. The molecule has 1 rings (SSSR count). The molecule has 5 nitrogen and oxygen atoms in total. The highest BCUT2D eigenvalue weighted by molar-refractivity contribution is 5.86. The molecule has 0 saturated heterocycles.